The number of aliphatic hydroxyl groups is 1. The quantitative estimate of drug-likeness (QED) is 0.778. The van der Waals surface area contributed by atoms with E-state index in [1.54, 1.807) is 12.3 Å². The Morgan fingerprint density at radius 1 is 1.39 bits per heavy atom. The summed E-state index contributed by atoms with van der Waals surface area (Å²) >= 11 is 0. The van der Waals surface area contributed by atoms with E-state index in [9.17, 15) is 5.11 Å². The summed E-state index contributed by atoms with van der Waals surface area (Å²) in [7, 11) is 0. The van der Waals surface area contributed by atoms with Gasteiger partial charge in [0, 0.05) is 6.54 Å². The second-order valence-electron chi connectivity index (χ2n) is 5.67. The molecule has 1 saturated heterocycles. The lowest BCUT2D eigenvalue weighted by molar-refractivity contribution is 0.0965. The molecule has 0 radical (unpaired) electrons. The van der Waals surface area contributed by atoms with Gasteiger partial charge in [-0.05, 0) is 36.7 Å². The SMILES string of the molecule is N#Cc1ccnnc1N1CC2CC3CC2C1C3O. The second kappa shape index (κ2) is 3.42. The summed E-state index contributed by atoms with van der Waals surface area (Å²) < 4.78 is 0. The molecule has 1 aromatic heterocycles. The number of fused-ring (bicyclic) bond motifs is 1. The first kappa shape index (κ1) is 10.3. The lowest BCUT2D eigenvalue weighted by atomic mass is 9.88. The van der Waals surface area contributed by atoms with Crippen LogP contribution in [0.3, 0.4) is 0 Å². The highest BCUT2D eigenvalue weighted by Gasteiger charge is 2.59. The van der Waals surface area contributed by atoms with E-state index in [-0.39, 0.29) is 12.1 Å². The number of rotatable bonds is 1. The Hall–Kier alpha value is -1.67. The summed E-state index contributed by atoms with van der Waals surface area (Å²) in [5.74, 6) is 2.35. The average Bonchev–Trinajstić information content (AvgIpc) is 3.00. The molecule has 92 valence electrons. The molecule has 5 heteroatoms. The Labute approximate surface area is 105 Å². The molecule has 0 amide bonds. The molecule has 1 aromatic rings. The number of nitriles is 1. The first-order valence-corrected chi connectivity index (χ1v) is 6.46. The maximum absolute atomic E-state index is 10.3. The number of aliphatic hydroxyl groups excluding tert-OH is 1. The van der Waals surface area contributed by atoms with Crippen molar-refractivity contribution in [1.29, 1.82) is 5.26 Å². The first-order valence-electron chi connectivity index (χ1n) is 6.46. The molecule has 5 atom stereocenters. The van der Waals surface area contributed by atoms with E-state index < -0.39 is 0 Å². The van der Waals surface area contributed by atoms with Crippen molar-refractivity contribution in [2.75, 3.05) is 11.4 Å². The number of nitrogens with zero attached hydrogens (tertiary/aromatic N) is 4. The zero-order valence-corrected chi connectivity index (χ0v) is 9.90. The zero-order chi connectivity index (χ0) is 12.3. The molecular formula is C13H14N4O. The van der Waals surface area contributed by atoms with E-state index in [1.807, 2.05) is 0 Å². The fourth-order valence-electron chi connectivity index (χ4n) is 4.28. The van der Waals surface area contributed by atoms with Crippen LogP contribution in [0.4, 0.5) is 5.82 Å². The lowest BCUT2D eigenvalue weighted by Crippen LogP contribution is -2.41. The molecular weight excluding hydrogens is 228 g/mol. The van der Waals surface area contributed by atoms with Gasteiger partial charge in [0.2, 0.25) is 0 Å². The van der Waals surface area contributed by atoms with E-state index in [0.717, 1.165) is 19.4 Å². The van der Waals surface area contributed by atoms with Crippen LogP contribution in [0.5, 0.6) is 0 Å². The summed E-state index contributed by atoms with van der Waals surface area (Å²) in [6, 6.07) is 4.02. The Bertz CT molecular complexity index is 538. The number of hydrogen-bond acceptors (Lipinski definition) is 5. The molecule has 1 N–H and O–H groups in total. The van der Waals surface area contributed by atoms with Crippen molar-refractivity contribution in [3.63, 3.8) is 0 Å². The van der Waals surface area contributed by atoms with Crippen LogP contribution in [0.2, 0.25) is 0 Å². The number of anilines is 1. The minimum Gasteiger partial charge on any atom is -0.391 e. The van der Waals surface area contributed by atoms with Crippen LogP contribution in [0.15, 0.2) is 12.3 Å². The Kier molecular flexibility index (Phi) is 1.95. The summed E-state index contributed by atoms with van der Waals surface area (Å²) in [6.45, 7) is 0.913. The molecule has 2 bridgehead atoms. The molecule has 5 nitrogen and oxygen atoms in total. The third-order valence-corrected chi connectivity index (χ3v) is 4.94. The third-order valence-electron chi connectivity index (χ3n) is 4.94. The van der Waals surface area contributed by atoms with Crippen molar-refractivity contribution in [1.82, 2.24) is 10.2 Å². The van der Waals surface area contributed by atoms with E-state index in [0.29, 0.717) is 29.1 Å². The number of hydrogen-bond donors (Lipinski definition) is 1. The lowest BCUT2D eigenvalue weighted by Gasteiger charge is -2.29. The normalized spacial score (nSPS) is 40.2. The molecule has 5 unspecified atom stereocenters. The van der Waals surface area contributed by atoms with E-state index in [4.69, 9.17) is 5.26 Å². The van der Waals surface area contributed by atoms with Crippen LogP contribution in [-0.4, -0.2) is 34.0 Å². The minimum atomic E-state index is -0.262. The van der Waals surface area contributed by atoms with Crippen LogP contribution < -0.4 is 4.90 Å². The van der Waals surface area contributed by atoms with Crippen molar-refractivity contribution in [3.8, 4) is 6.07 Å². The van der Waals surface area contributed by atoms with E-state index in [2.05, 4.69) is 21.2 Å². The molecule has 4 rings (SSSR count). The second-order valence-corrected chi connectivity index (χ2v) is 5.67. The largest absolute Gasteiger partial charge is 0.391 e. The maximum Gasteiger partial charge on any atom is 0.169 e. The van der Waals surface area contributed by atoms with Crippen molar-refractivity contribution in [2.24, 2.45) is 17.8 Å². The van der Waals surface area contributed by atoms with E-state index in [1.165, 1.54) is 0 Å². The van der Waals surface area contributed by atoms with Crippen LogP contribution in [0, 0.1) is 29.1 Å². The zero-order valence-electron chi connectivity index (χ0n) is 9.90. The molecule has 3 aliphatic rings. The van der Waals surface area contributed by atoms with Gasteiger partial charge in [-0.1, -0.05) is 0 Å². The van der Waals surface area contributed by atoms with Gasteiger partial charge < -0.3 is 10.0 Å². The molecule has 2 saturated carbocycles. The highest BCUT2D eigenvalue weighted by Crippen LogP contribution is 2.55. The van der Waals surface area contributed by atoms with Gasteiger partial charge in [0.05, 0.1) is 23.9 Å². The van der Waals surface area contributed by atoms with Crippen LogP contribution in [0.1, 0.15) is 18.4 Å². The molecule has 1 aliphatic heterocycles. The molecule has 0 aromatic carbocycles. The Balaban J connectivity index is 1.77. The van der Waals surface area contributed by atoms with Gasteiger partial charge in [-0.2, -0.15) is 10.4 Å². The Morgan fingerprint density at radius 2 is 2.28 bits per heavy atom. The third kappa shape index (κ3) is 1.14. The van der Waals surface area contributed by atoms with Gasteiger partial charge in [0.1, 0.15) is 6.07 Å². The van der Waals surface area contributed by atoms with Crippen LogP contribution >= 0.6 is 0 Å². The smallest absolute Gasteiger partial charge is 0.169 e. The van der Waals surface area contributed by atoms with Gasteiger partial charge in [-0.25, -0.2) is 0 Å². The van der Waals surface area contributed by atoms with Crippen molar-refractivity contribution in [2.45, 2.75) is 25.0 Å². The molecule has 2 aliphatic carbocycles. The Morgan fingerprint density at radius 3 is 3.06 bits per heavy atom. The topological polar surface area (TPSA) is 73.0 Å². The fourth-order valence-corrected chi connectivity index (χ4v) is 4.28. The average molecular weight is 242 g/mol. The van der Waals surface area contributed by atoms with Crippen molar-refractivity contribution >= 4 is 5.82 Å². The summed E-state index contributed by atoms with van der Waals surface area (Å²) in [4.78, 5) is 2.12. The summed E-state index contributed by atoms with van der Waals surface area (Å²) in [5.41, 5.74) is 0.557. The molecule has 18 heavy (non-hydrogen) atoms. The number of aromatic nitrogens is 2. The summed E-state index contributed by atoms with van der Waals surface area (Å²) in [6.07, 6.45) is 3.54. The highest BCUT2D eigenvalue weighted by atomic mass is 16.3. The highest BCUT2D eigenvalue weighted by molar-refractivity contribution is 5.55. The monoisotopic (exact) mass is 242 g/mol. The van der Waals surface area contributed by atoms with Gasteiger partial charge in [0.25, 0.3) is 0 Å². The summed E-state index contributed by atoms with van der Waals surface area (Å²) in [5, 5.41) is 27.5. The minimum absolute atomic E-state index is 0.151. The van der Waals surface area contributed by atoms with Gasteiger partial charge >= 0.3 is 0 Å². The van der Waals surface area contributed by atoms with Gasteiger partial charge in [-0.3, -0.25) is 0 Å². The maximum atomic E-state index is 10.3. The predicted molar refractivity (Wildman–Crippen MR) is 63.6 cm³/mol. The standard InChI is InChI=1S/C13H14N4O/c14-5-7-1-2-15-16-13(7)17-6-9-3-8-4-10(9)11(17)12(8)18/h1-2,8-12,18H,3-4,6H2. The van der Waals surface area contributed by atoms with E-state index >= 15 is 0 Å². The van der Waals surface area contributed by atoms with Crippen LogP contribution in [-0.2, 0) is 0 Å². The van der Waals surface area contributed by atoms with Crippen LogP contribution in [0.25, 0.3) is 0 Å². The fraction of sp³-hybridized carbons (Fsp3) is 0.615. The van der Waals surface area contributed by atoms with Gasteiger partial charge in [0.15, 0.2) is 5.82 Å². The molecule has 3 fully saturated rings. The first-order chi connectivity index (χ1) is 8.79. The van der Waals surface area contributed by atoms with Gasteiger partial charge in [-0.15, -0.1) is 5.10 Å². The molecule has 0 spiro atoms. The predicted octanol–water partition coefficient (Wildman–Crippen LogP) is 0.554. The van der Waals surface area contributed by atoms with Crippen molar-refractivity contribution < 1.29 is 5.11 Å². The molecule has 2 heterocycles. The van der Waals surface area contributed by atoms with Crippen molar-refractivity contribution in [3.05, 3.63) is 17.8 Å².